The minimum absolute atomic E-state index is 0.186. The van der Waals surface area contributed by atoms with Crippen molar-refractivity contribution in [2.75, 3.05) is 7.11 Å². The number of aryl methyl sites for hydroxylation is 1. The first-order valence-corrected chi connectivity index (χ1v) is 10.0. The van der Waals surface area contributed by atoms with Crippen LogP contribution in [0.3, 0.4) is 0 Å². The molecule has 1 unspecified atom stereocenters. The fourth-order valence-corrected chi connectivity index (χ4v) is 3.72. The number of nitrogens with one attached hydrogen (secondary N) is 1. The van der Waals surface area contributed by atoms with Crippen LogP contribution in [-0.4, -0.2) is 22.6 Å². The Kier molecular flexibility index (Phi) is 5.53. The van der Waals surface area contributed by atoms with Gasteiger partial charge in [0, 0.05) is 6.54 Å². The highest BCUT2D eigenvalue weighted by molar-refractivity contribution is 5.97. The van der Waals surface area contributed by atoms with Crippen molar-refractivity contribution in [3.8, 4) is 5.75 Å². The van der Waals surface area contributed by atoms with Gasteiger partial charge in [0.25, 0.3) is 5.91 Å². The van der Waals surface area contributed by atoms with Crippen LogP contribution in [0, 0.1) is 6.92 Å². The zero-order chi connectivity index (χ0) is 21.1. The van der Waals surface area contributed by atoms with Crippen LogP contribution in [0.15, 0.2) is 72.8 Å². The molecule has 0 aliphatic rings. The summed E-state index contributed by atoms with van der Waals surface area (Å²) >= 11 is 0. The first-order valence-electron chi connectivity index (χ1n) is 10.0. The lowest BCUT2D eigenvalue weighted by Gasteiger charge is -2.18. The van der Waals surface area contributed by atoms with E-state index in [-0.39, 0.29) is 11.9 Å². The molecular weight excluding hydrogens is 374 g/mol. The van der Waals surface area contributed by atoms with Crippen LogP contribution in [0.5, 0.6) is 5.75 Å². The molecular formula is C25H25N3O2. The lowest BCUT2D eigenvalue weighted by Crippen LogP contribution is -2.29. The molecule has 0 fully saturated rings. The average molecular weight is 399 g/mol. The SMILES string of the molecule is COc1ccccc1C(=O)NC(C)c1nc2ccccc2n1Cc1ccccc1C. The molecule has 0 radical (unpaired) electrons. The van der Waals surface area contributed by atoms with Gasteiger partial charge in [-0.3, -0.25) is 4.79 Å². The summed E-state index contributed by atoms with van der Waals surface area (Å²) in [5.74, 6) is 1.19. The van der Waals surface area contributed by atoms with Gasteiger partial charge in [0.1, 0.15) is 11.6 Å². The Hall–Kier alpha value is -3.60. The van der Waals surface area contributed by atoms with Gasteiger partial charge in [-0.1, -0.05) is 48.5 Å². The molecule has 0 bridgehead atoms. The molecule has 0 saturated heterocycles. The van der Waals surface area contributed by atoms with Crippen LogP contribution in [0.1, 0.15) is 40.3 Å². The van der Waals surface area contributed by atoms with E-state index in [4.69, 9.17) is 9.72 Å². The zero-order valence-corrected chi connectivity index (χ0v) is 17.4. The van der Waals surface area contributed by atoms with Gasteiger partial charge < -0.3 is 14.6 Å². The van der Waals surface area contributed by atoms with E-state index in [0.717, 1.165) is 16.9 Å². The molecule has 1 atom stereocenters. The lowest BCUT2D eigenvalue weighted by molar-refractivity contribution is 0.0934. The molecule has 4 rings (SSSR count). The van der Waals surface area contributed by atoms with E-state index in [2.05, 4.69) is 35.0 Å². The molecule has 5 heteroatoms. The van der Waals surface area contributed by atoms with E-state index in [1.165, 1.54) is 11.1 Å². The molecule has 1 aromatic heterocycles. The Morgan fingerprint density at radius 1 is 1.03 bits per heavy atom. The number of benzene rings is 3. The number of hydrogen-bond acceptors (Lipinski definition) is 3. The molecule has 0 aliphatic heterocycles. The summed E-state index contributed by atoms with van der Waals surface area (Å²) in [6.07, 6.45) is 0. The summed E-state index contributed by atoms with van der Waals surface area (Å²) in [7, 11) is 1.57. The summed E-state index contributed by atoms with van der Waals surface area (Å²) in [5, 5.41) is 3.09. The topological polar surface area (TPSA) is 56.1 Å². The summed E-state index contributed by atoms with van der Waals surface area (Å²) in [4.78, 5) is 17.8. The highest BCUT2D eigenvalue weighted by Crippen LogP contribution is 2.24. The van der Waals surface area contributed by atoms with Gasteiger partial charge in [-0.25, -0.2) is 4.98 Å². The Morgan fingerprint density at radius 3 is 2.53 bits per heavy atom. The van der Waals surface area contributed by atoms with Crippen LogP contribution >= 0.6 is 0 Å². The summed E-state index contributed by atoms with van der Waals surface area (Å²) in [6.45, 7) is 4.77. The van der Waals surface area contributed by atoms with Crippen molar-refractivity contribution in [3.05, 3.63) is 95.3 Å². The van der Waals surface area contributed by atoms with Crippen LogP contribution < -0.4 is 10.1 Å². The number of aromatic nitrogens is 2. The molecule has 0 saturated carbocycles. The Morgan fingerprint density at radius 2 is 1.73 bits per heavy atom. The van der Waals surface area contributed by atoms with E-state index in [0.29, 0.717) is 17.9 Å². The maximum atomic E-state index is 12.9. The van der Waals surface area contributed by atoms with Gasteiger partial charge >= 0.3 is 0 Å². The number of nitrogens with zero attached hydrogens (tertiary/aromatic N) is 2. The summed E-state index contributed by atoms with van der Waals surface area (Å²) in [5.41, 5.74) is 4.93. The van der Waals surface area contributed by atoms with Gasteiger partial charge in [0.15, 0.2) is 0 Å². The van der Waals surface area contributed by atoms with Gasteiger partial charge in [-0.05, 0) is 49.2 Å². The Labute approximate surface area is 176 Å². The molecule has 30 heavy (non-hydrogen) atoms. The number of para-hydroxylation sites is 3. The van der Waals surface area contributed by atoms with Gasteiger partial charge in [-0.2, -0.15) is 0 Å². The molecule has 1 heterocycles. The average Bonchev–Trinajstić information content (AvgIpc) is 3.14. The monoisotopic (exact) mass is 399 g/mol. The zero-order valence-electron chi connectivity index (χ0n) is 17.4. The van der Waals surface area contributed by atoms with Crippen LogP contribution in [0.4, 0.5) is 0 Å². The maximum Gasteiger partial charge on any atom is 0.255 e. The Balaban J connectivity index is 1.69. The third-order valence-corrected chi connectivity index (χ3v) is 5.36. The number of rotatable bonds is 6. The lowest BCUT2D eigenvalue weighted by atomic mass is 10.1. The molecule has 152 valence electrons. The quantitative estimate of drug-likeness (QED) is 0.502. The van der Waals surface area contributed by atoms with Crippen LogP contribution in [0.25, 0.3) is 11.0 Å². The van der Waals surface area contributed by atoms with Gasteiger partial charge in [-0.15, -0.1) is 0 Å². The smallest absolute Gasteiger partial charge is 0.255 e. The van der Waals surface area contributed by atoms with E-state index < -0.39 is 0 Å². The van der Waals surface area contributed by atoms with Crippen molar-refractivity contribution in [2.24, 2.45) is 0 Å². The molecule has 0 aliphatic carbocycles. The molecule has 4 aromatic rings. The Bertz CT molecular complexity index is 1200. The predicted molar refractivity (Wildman–Crippen MR) is 119 cm³/mol. The minimum Gasteiger partial charge on any atom is -0.496 e. The van der Waals surface area contributed by atoms with E-state index in [1.807, 2.05) is 49.4 Å². The fourth-order valence-electron chi connectivity index (χ4n) is 3.72. The first kappa shape index (κ1) is 19.7. The molecule has 0 spiro atoms. The van der Waals surface area contributed by atoms with Crippen molar-refractivity contribution >= 4 is 16.9 Å². The second kappa shape index (κ2) is 8.41. The van der Waals surface area contributed by atoms with E-state index in [9.17, 15) is 4.79 Å². The number of carbonyl (C=O) groups is 1. The maximum absolute atomic E-state index is 12.9. The molecule has 3 aromatic carbocycles. The van der Waals surface area contributed by atoms with Crippen molar-refractivity contribution < 1.29 is 9.53 Å². The number of carbonyl (C=O) groups excluding carboxylic acids is 1. The van der Waals surface area contributed by atoms with Crippen molar-refractivity contribution in [2.45, 2.75) is 26.4 Å². The summed E-state index contributed by atoms with van der Waals surface area (Å²) < 4.78 is 7.52. The van der Waals surface area contributed by atoms with Crippen molar-refractivity contribution in [1.29, 1.82) is 0 Å². The van der Waals surface area contributed by atoms with Crippen molar-refractivity contribution in [3.63, 3.8) is 0 Å². The largest absolute Gasteiger partial charge is 0.496 e. The summed E-state index contributed by atoms with van der Waals surface area (Å²) in [6, 6.07) is 23.3. The number of hydrogen-bond donors (Lipinski definition) is 1. The van der Waals surface area contributed by atoms with E-state index >= 15 is 0 Å². The molecule has 5 nitrogen and oxygen atoms in total. The normalized spacial score (nSPS) is 12.0. The number of methoxy groups -OCH3 is 1. The minimum atomic E-state index is -0.279. The van der Waals surface area contributed by atoms with Crippen LogP contribution in [0.2, 0.25) is 0 Å². The van der Waals surface area contributed by atoms with Crippen molar-refractivity contribution in [1.82, 2.24) is 14.9 Å². The third kappa shape index (κ3) is 3.79. The van der Waals surface area contributed by atoms with Crippen LogP contribution in [-0.2, 0) is 6.54 Å². The number of ether oxygens (including phenoxy) is 1. The predicted octanol–water partition coefficient (Wildman–Crippen LogP) is 4.89. The number of imidazole rings is 1. The second-order valence-corrected chi connectivity index (χ2v) is 7.37. The highest BCUT2D eigenvalue weighted by Gasteiger charge is 2.21. The standard InChI is InChI=1S/C25H25N3O2/c1-17-10-4-5-11-19(17)16-28-22-14-8-7-13-21(22)27-24(28)18(2)26-25(29)20-12-6-9-15-23(20)30-3/h4-15,18H,16H2,1-3H3,(H,26,29). The number of amides is 1. The first-order chi connectivity index (χ1) is 14.6. The third-order valence-electron chi connectivity index (χ3n) is 5.36. The fraction of sp³-hybridized carbons (Fsp3) is 0.200. The highest BCUT2D eigenvalue weighted by atomic mass is 16.5. The molecule has 1 N–H and O–H groups in total. The second-order valence-electron chi connectivity index (χ2n) is 7.37. The molecule has 1 amide bonds. The van der Waals surface area contributed by atoms with Gasteiger partial charge in [0.05, 0.1) is 29.7 Å². The number of fused-ring (bicyclic) bond motifs is 1. The van der Waals surface area contributed by atoms with E-state index in [1.54, 1.807) is 19.2 Å². The van der Waals surface area contributed by atoms with Gasteiger partial charge in [0.2, 0.25) is 0 Å².